The number of aliphatic imine (C=N–C) groups is 2. The van der Waals surface area contributed by atoms with E-state index in [0.29, 0.717) is 10.9 Å². The summed E-state index contributed by atoms with van der Waals surface area (Å²) in [5.74, 6) is -0.158. The second-order valence-electron chi connectivity index (χ2n) is 5.45. The van der Waals surface area contributed by atoms with E-state index in [1.165, 1.54) is 11.8 Å². The molecule has 1 amide bonds. The van der Waals surface area contributed by atoms with Crippen LogP contribution in [0.3, 0.4) is 0 Å². The van der Waals surface area contributed by atoms with Crippen molar-refractivity contribution >= 4 is 34.3 Å². The molecule has 0 aromatic heterocycles. The Kier molecular flexibility index (Phi) is 3.85. The van der Waals surface area contributed by atoms with E-state index in [1.807, 2.05) is 39.0 Å². The highest BCUT2D eigenvalue weighted by molar-refractivity contribution is 8.14. The molecule has 1 heterocycles. The Morgan fingerprint density at radius 1 is 1.32 bits per heavy atom. The van der Waals surface area contributed by atoms with Crippen LogP contribution in [0.4, 0.5) is 0 Å². The lowest BCUT2D eigenvalue weighted by Gasteiger charge is -2.18. The molecule has 0 saturated carbocycles. The Labute approximate surface area is 116 Å². The van der Waals surface area contributed by atoms with E-state index >= 15 is 0 Å². The van der Waals surface area contributed by atoms with E-state index in [4.69, 9.17) is 0 Å². The van der Waals surface area contributed by atoms with Crippen molar-refractivity contribution in [2.45, 2.75) is 20.8 Å². The second-order valence-corrected chi connectivity index (χ2v) is 6.40. The predicted molar refractivity (Wildman–Crippen MR) is 78.6 cm³/mol. The number of fused-ring (bicyclic) bond motifs is 1. The van der Waals surface area contributed by atoms with E-state index in [9.17, 15) is 9.59 Å². The molecule has 0 spiro atoms. The van der Waals surface area contributed by atoms with Gasteiger partial charge in [0.2, 0.25) is 0 Å². The monoisotopic (exact) mass is 276 g/mol. The Morgan fingerprint density at radius 3 is 2.74 bits per heavy atom. The molecule has 1 aliphatic heterocycles. The summed E-state index contributed by atoms with van der Waals surface area (Å²) < 4.78 is 0. The van der Waals surface area contributed by atoms with Crippen molar-refractivity contribution in [3.63, 3.8) is 0 Å². The predicted octanol–water partition coefficient (Wildman–Crippen LogP) is 2.41. The summed E-state index contributed by atoms with van der Waals surface area (Å²) in [5.41, 5.74) is 0.322. The molecular weight excluding hydrogens is 260 g/mol. The molecule has 0 N–H and O–H groups in total. The first-order valence-corrected chi connectivity index (χ1v) is 7.08. The fourth-order valence-corrected chi connectivity index (χ4v) is 2.58. The second kappa shape index (κ2) is 5.25. The van der Waals surface area contributed by atoms with Crippen molar-refractivity contribution in [2.75, 3.05) is 5.75 Å². The number of ketones is 1. The van der Waals surface area contributed by atoms with E-state index in [0.717, 1.165) is 0 Å². The van der Waals surface area contributed by atoms with Crippen molar-refractivity contribution in [1.82, 2.24) is 0 Å². The lowest BCUT2D eigenvalue weighted by atomic mass is 9.92. The molecule has 0 fully saturated rings. The van der Waals surface area contributed by atoms with E-state index < -0.39 is 0 Å². The van der Waals surface area contributed by atoms with Crippen LogP contribution in [0.25, 0.3) is 0 Å². The number of rotatable bonds is 2. The number of hydrogen-bond acceptors (Lipinski definition) is 4. The van der Waals surface area contributed by atoms with Crippen molar-refractivity contribution in [3.8, 4) is 0 Å². The highest BCUT2D eigenvalue weighted by Gasteiger charge is 2.27. The highest BCUT2D eigenvalue weighted by atomic mass is 32.2. The molecule has 0 aromatic carbocycles. The van der Waals surface area contributed by atoms with Gasteiger partial charge in [-0.1, -0.05) is 50.8 Å². The lowest BCUT2D eigenvalue weighted by molar-refractivity contribution is -0.123. The number of nitrogens with zero attached hydrogens (tertiary/aromatic N) is 2. The van der Waals surface area contributed by atoms with Gasteiger partial charge in [0.15, 0.2) is 5.17 Å². The molecule has 4 nitrogen and oxygen atoms in total. The summed E-state index contributed by atoms with van der Waals surface area (Å²) in [6.45, 7) is 5.63. The van der Waals surface area contributed by atoms with Crippen molar-refractivity contribution in [3.05, 3.63) is 24.3 Å². The molecule has 1 unspecified atom stereocenters. The zero-order valence-electron chi connectivity index (χ0n) is 11.2. The average Bonchev–Trinajstić information content (AvgIpc) is 2.35. The Bertz CT molecular complexity index is 536. The van der Waals surface area contributed by atoms with Gasteiger partial charge in [0.25, 0.3) is 5.91 Å². The van der Waals surface area contributed by atoms with E-state index in [-0.39, 0.29) is 28.8 Å². The molecule has 19 heavy (non-hydrogen) atoms. The van der Waals surface area contributed by atoms with Gasteiger partial charge in [-0.15, -0.1) is 0 Å². The molecule has 0 bridgehead atoms. The van der Waals surface area contributed by atoms with E-state index in [2.05, 4.69) is 9.98 Å². The largest absolute Gasteiger partial charge is 0.298 e. The van der Waals surface area contributed by atoms with Crippen LogP contribution in [0.15, 0.2) is 34.3 Å². The van der Waals surface area contributed by atoms with Crippen LogP contribution in [0.2, 0.25) is 0 Å². The summed E-state index contributed by atoms with van der Waals surface area (Å²) >= 11 is 1.23. The maximum absolute atomic E-state index is 11.8. The van der Waals surface area contributed by atoms with Crippen LogP contribution in [-0.2, 0) is 9.59 Å². The minimum atomic E-state index is -0.380. The molecule has 1 aliphatic carbocycles. The smallest absolute Gasteiger partial charge is 0.261 e. The molecule has 2 rings (SSSR count). The standard InChI is InChI=1S/C14H16N2O2S/c1-14(2,3)11(17)8-19-13-15-10-7-5-4-6-9(10)12(18)16-13/h4-7,9H,8H2,1-3H3. The van der Waals surface area contributed by atoms with Crippen LogP contribution in [0.1, 0.15) is 20.8 Å². The third-order valence-electron chi connectivity index (χ3n) is 2.87. The van der Waals surface area contributed by atoms with Crippen LogP contribution in [0.5, 0.6) is 0 Å². The quantitative estimate of drug-likeness (QED) is 0.778. The van der Waals surface area contributed by atoms with Gasteiger partial charge in [0.05, 0.1) is 11.5 Å². The Hall–Kier alpha value is -1.49. The minimum Gasteiger partial charge on any atom is -0.298 e. The summed E-state index contributed by atoms with van der Waals surface area (Å²) in [4.78, 5) is 31.9. The highest BCUT2D eigenvalue weighted by Crippen LogP contribution is 2.23. The molecule has 2 aliphatic rings. The summed E-state index contributed by atoms with van der Waals surface area (Å²) in [5, 5.41) is 0.383. The number of allylic oxidation sites excluding steroid dienone is 3. The number of amidine groups is 1. The SMILES string of the molecule is CC(C)(C)C(=O)CSC1=NC(=O)C2C=CC=CC2=N1. The van der Waals surface area contributed by atoms with Crippen molar-refractivity contribution < 1.29 is 9.59 Å². The van der Waals surface area contributed by atoms with Crippen LogP contribution in [-0.4, -0.2) is 28.3 Å². The summed E-state index contributed by atoms with van der Waals surface area (Å²) in [6.07, 6.45) is 7.25. The third-order valence-corrected chi connectivity index (χ3v) is 3.71. The Morgan fingerprint density at radius 2 is 2.05 bits per heavy atom. The van der Waals surface area contributed by atoms with Crippen molar-refractivity contribution in [1.29, 1.82) is 0 Å². The topological polar surface area (TPSA) is 58.9 Å². The summed E-state index contributed by atoms with van der Waals surface area (Å²) in [7, 11) is 0. The molecule has 0 saturated heterocycles. The molecular formula is C14H16N2O2S. The molecule has 0 aromatic rings. The Balaban J connectivity index is 2.05. The first kappa shape index (κ1) is 13.9. The summed E-state index contributed by atoms with van der Waals surface area (Å²) in [6, 6.07) is 0. The molecule has 100 valence electrons. The van der Waals surface area contributed by atoms with Gasteiger partial charge in [-0.2, -0.15) is 4.99 Å². The van der Waals surface area contributed by atoms with Crippen LogP contribution in [0, 0.1) is 11.3 Å². The number of amides is 1. The lowest BCUT2D eigenvalue weighted by Crippen LogP contribution is -2.27. The molecule has 1 atom stereocenters. The van der Waals surface area contributed by atoms with Crippen LogP contribution < -0.4 is 0 Å². The van der Waals surface area contributed by atoms with Gasteiger partial charge in [-0.25, -0.2) is 4.99 Å². The number of Topliss-reactive ketones (excluding diaryl/α,β-unsaturated/α-hetero) is 1. The number of hydrogen-bond donors (Lipinski definition) is 0. The van der Waals surface area contributed by atoms with Gasteiger partial charge >= 0.3 is 0 Å². The average molecular weight is 276 g/mol. The first-order valence-electron chi connectivity index (χ1n) is 6.10. The normalized spacial score (nSPS) is 21.8. The number of carbonyl (C=O) groups excluding carboxylic acids is 2. The van der Waals surface area contributed by atoms with Gasteiger partial charge in [-0.3, -0.25) is 9.59 Å². The van der Waals surface area contributed by atoms with Gasteiger partial charge in [-0.05, 0) is 6.08 Å². The zero-order valence-corrected chi connectivity index (χ0v) is 12.0. The fraction of sp³-hybridized carbons (Fsp3) is 0.429. The van der Waals surface area contributed by atoms with Gasteiger partial charge in [0, 0.05) is 5.41 Å². The maximum Gasteiger partial charge on any atom is 0.261 e. The maximum atomic E-state index is 11.8. The fourth-order valence-electron chi connectivity index (χ4n) is 1.56. The minimum absolute atomic E-state index is 0.119. The van der Waals surface area contributed by atoms with Gasteiger partial charge in [0.1, 0.15) is 11.7 Å². The molecule has 5 heteroatoms. The van der Waals surface area contributed by atoms with Crippen molar-refractivity contribution in [2.24, 2.45) is 21.3 Å². The number of thioether (sulfide) groups is 1. The van der Waals surface area contributed by atoms with Gasteiger partial charge < -0.3 is 0 Å². The van der Waals surface area contributed by atoms with E-state index in [1.54, 1.807) is 6.08 Å². The third kappa shape index (κ3) is 3.29. The molecule has 0 radical (unpaired) electrons. The number of carbonyl (C=O) groups is 2. The van der Waals surface area contributed by atoms with Crippen LogP contribution >= 0.6 is 11.8 Å². The zero-order chi connectivity index (χ0) is 14.0. The first-order chi connectivity index (χ1) is 8.88.